The van der Waals surface area contributed by atoms with Gasteiger partial charge in [0.25, 0.3) is 0 Å². The van der Waals surface area contributed by atoms with Gasteiger partial charge in [0, 0.05) is 18.3 Å². The first-order valence-electron chi connectivity index (χ1n) is 7.95. The molecule has 0 aromatic heterocycles. The Morgan fingerprint density at radius 3 is 2.90 bits per heavy atom. The van der Waals surface area contributed by atoms with Gasteiger partial charge in [0.05, 0.1) is 0 Å². The van der Waals surface area contributed by atoms with Crippen LogP contribution >= 0.6 is 11.6 Å². The number of aryl methyl sites for hydroxylation is 1. The molecule has 1 N–H and O–H groups in total. The minimum atomic E-state index is 0.0787. The second kappa shape index (κ2) is 5.64. The highest BCUT2D eigenvalue weighted by Crippen LogP contribution is 2.59. The molecule has 0 aliphatic heterocycles. The number of alkyl halides is 1. The Hall–Kier alpha value is -1.02. The van der Waals surface area contributed by atoms with Crippen molar-refractivity contribution in [3.63, 3.8) is 0 Å². The molecule has 3 atom stereocenters. The van der Waals surface area contributed by atoms with E-state index < -0.39 is 0 Å². The molecule has 3 heteroatoms. The van der Waals surface area contributed by atoms with Gasteiger partial charge in [0.2, 0.25) is 5.91 Å². The molecule has 0 radical (unpaired) electrons. The Morgan fingerprint density at radius 2 is 2.14 bits per heavy atom. The normalized spacial score (nSPS) is 26.7. The standard InChI is InChI=1S/C18H24ClNO/c1-18(2,9-10-19)11-20-17(21)16-14-8-7-12-5-3-4-6-13(12)15(14)16/h3-6,14-16H,7-11H2,1-2H3,(H,20,21). The molecule has 1 aromatic carbocycles. The molecule has 2 nitrogen and oxygen atoms in total. The molecule has 1 saturated carbocycles. The predicted molar refractivity (Wildman–Crippen MR) is 86.6 cm³/mol. The molecule has 0 bridgehead atoms. The van der Waals surface area contributed by atoms with E-state index in [0.29, 0.717) is 17.7 Å². The molecule has 0 spiro atoms. The van der Waals surface area contributed by atoms with E-state index in [2.05, 4.69) is 43.4 Å². The molecule has 21 heavy (non-hydrogen) atoms. The third-order valence-corrected chi connectivity index (χ3v) is 5.33. The lowest BCUT2D eigenvalue weighted by Crippen LogP contribution is -2.35. The molecule has 3 unspecified atom stereocenters. The van der Waals surface area contributed by atoms with Gasteiger partial charge in [-0.25, -0.2) is 0 Å². The average molecular weight is 306 g/mol. The number of hydrogen-bond donors (Lipinski definition) is 1. The molecular weight excluding hydrogens is 282 g/mol. The van der Waals surface area contributed by atoms with Gasteiger partial charge in [-0.2, -0.15) is 0 Å². The number of nitrogens with one attached hydrogen (secondary N) is 1. The molecule has 3 rings (SSSR count). The summed E-state index contributed by atoms with van der Waals surface area (Å²) in [4.78, 5) is 12.5. The van der Waals surface area contributed by atoms with Crippen LogP contribution in [0.3, 0.4) is 0 Å². The Bertz CT molecular complexity index is 540. The lowest BCUT2D eigenvalue weighted by molar-refractivity contribution is -0.123. The fourth-order valence-electron chi connectivity index (χ4n) is 3.71. The summed E-state index contributed by atoms with van der Waals surface area (Å²) in [5.41, 5.74) is 2.93. The molecule has 0 heterocycles. The van der Waals surface area contributed by atoms with E-state index in [9.17, 15) is 4.79 Å². The summed E-state index contributed by atoms with van der Waals surface area (Å²) >= 11 is 5.82. The highest BCUT2D eigenvalue weighted by Gasteiger charge is 2.56. The average Bonchev–Trinajstić information content (AvgIpc) is 3.20. The van der Waals surface area contributed by atoms with E-state index in [1.54, 1.807) is 0 Å². The van der Waals surface area contributed by atoms with Gasteiger partial charge < -0.3 is 5.32 Å². The topological polar surface area (TPSA) is 29.1 Å². The van der Waals surface area contributed by atoms with E-state index in [1.165, 1.54) is 11.1 Å². The summed E-state index contributed by atoms with van der Waals surface area (Å²) in [5.74, 6) is 2.11. The van der Waals surface area contributed by atoms with Gasteiger partial charge in [0.1, 0.15) is 0 Å². The Kier molecular flexibility index (Phi) is 4.00. The molecule has 1 amide bonds. The van der Waals surface area contributed by atoms with E-state index >= 15 is 0 Å². The third-order valence-electron chi connectivity index (χ3n) is 5.14. The van der Waals surface area contributed by atoms with Crippen molar-refractivity contribution < 1.29 is 4.79 Å². The van der Waals surface area contributed by atoms with Crippen molar-refractivity contribution in [2.75, 3.05) is 12.4 Å². The van der Waals surface area contributed by atoms with Crippen LogP contribution in [0.25, 0.3) is 0 Å². The van der Waals surface area contributed by atoms with Gasteiger partial charge in [0.15, 0.2) is 0 Å². The number of rotatable bonds is 5. The summed E-state index contributed by atoms with van der Waals surface area (Å²) in [7, 11) is 0. The molecule has 114 valence electrons. The van der Waals surface area contributed by atoms with Gasteiger partial charge >= 0.3 is 0 Å². The lowest BCUT2D eigenvalue weighted by Gasteiger charge is -2.23. The molecule has 2 aliphatic rings. The summed E-state index contributed by atoms with van der Waals surface area (Å²) < 4.78 is 0. The first-order chi connectivity index (χ1) is 10.0. The van der Waals surface area contributed by atoms with Gasteiger partial charge in [-0.15, -0.1) is 11.6 Å². The SMILES string of the molecule is CC(C)(CCCl)CNC(=O)C1C2CCc3ccccc3C21. The second-order valence-electron chi connectivity index (χ2n) is 7.27. The van der Waals surface area contributed by atoms with Crippen molar-refractivity contribution in [2.45, 2.75) is 39.0 Å². The van der Waals surface area contributed by atoms with Crippen LogP contribution in [0, 0.1) is 17.3 Å². The second-order valence-corrected chi connectivity index (χ2v) is 7.65. The van der Waals surface area contributed by atoms with Crippen molar-refractivity contribution in [1.29, 1.82) is 0 Å². The Balaban J connectivity index is 1.62. The van der Waals surface area contributed by atoms with Crippen molar-refractivity contribution in [2.24, 2.45) is 17.3 Å². The third kappa shape index (κ3) is 2.96. The van der Waals surface area contributed by atoms with Crippen LogP contribution in [-0.2, 0) is 11.2 Å². The maximum atomic E-state index is 12.5. The van der Waals surface area contributed by atoms with E-state index in [4.69, 9.17) is 11.6 Å². The first kappa shape index (κ1) is 14.9. The monoisotopic (exact) mass is 305 g/mol. The van der Waals surface area contributed by atoms with Crippen LogP contribution in [0.2, 0.25) is 0 Å². The number of carbonyl (C=O) groups excluding carboxylic acids is 1. The van der Waals surface area contributed by atoms with E-state index in [0.717, 1.165) is 25.8 Å². The molecule has 0 saturated heterocycles. The number of amides is 1. The summed E-state index contributed by atoms with van der Waals surface area (Å²) in [6.07, 6.45) is 3.21. The zero-order valence-corrected chi connectivity index (χ0v) is 13.6. The number of fused-ring (bicyclic) bond motifs is 3. The first-order valence-corrected chi connectivity index (χ1v) is 8.48. The summed E-state index contributed by atoms with van der Waals surface area (Å²) in [6.45, 7) is 5.03. The van der Waals surface area contributed by atoms with Crippen LogP contribution in [-0.4, -0.2) is 18.3 Å². The van der Waals surface area contributed by atoms with Crippen LogP contribution in [0.4, 0.5) is 0 Å². The molecule has 2 aliphatic carbocycles. The van der Waals surface area contributed by atoms with Crippen LogP contribution in [0.1, 0.15) is 43.7 Å². The maximum Gasteiger partial charge on any atom is 0.224 e. The van der Waals surface area contributed by atoms with Crippen LogP contribution < -0.4 is 5.32 Å². The minimum absolute atomic E-state index is 0.0787. The molecule has 1 fully saturated rings. The zero-order valence-electron chi connectivity index (χ0n) is 12.9. The minimum Gasteiger partial charge on any atom is -0.355 e. The summed E-state index contributed by atoms with van der Waals surface area (Å²) in [6, 6.07) is 8.61. The lowest BCUT2D eigenvalue weighted by atomic mass is 9.90. The largest absolute Gasteiger partial charge is 0.355 e. The Morgan fingerprint density at radius 1 is 1.38 bits per heavy atom. The fraction of sp³-hybridized carbons (Fsp3) is 0.611. The highest BCUT2D eigenvalue weighted by molar-refractivity contribution is 6.17. The Labute approximate surface area is 132 Å². The number of halogens is 1. The van der Waals surface area contributed by atoms with E-state index in [-0.39, 0.29) is 17.2 Å². The van der Waals surface area contributed by atoms with Crippen LogP contribution in [0.15, 0.2) is 24.3 Å². The summed E-state index contributed by atoms with van der Waals surface area (Å²) in [5, 5.41) is 3.16. The highest BCUT2D eigenvalue weighted by atomic mass is 35.5. The number of carbonyl (C=O) groups is 1. The smallest absolute Gasteiger partial charge is 0.224 e. The van der Waals surface area contributed by atoms with Crippen molar-refractivity contribution in [1.82, 2.24) is 5.32 Å². The number of hydrogen-bond acceptors (Lipinski definition) is 1. The molecule has 1 aromatic rings. The maximum absolute atomic E-state index is 12.5. The van der Waals surface area contributed by atoms with Gasteiger partial charge in [-0.05, 0) is 47.6 Å². The van der Waals surface area contributed by atoms with Crippen molar-refractivity contribution in [3.05, 3.63) is 35.4 Å². The number of benzene rings is 1. The predicted octanol–water partition coefficient (Wildman–Crippen LogP) is 3.73. The molecular formula is C18H24ClNO. The fourth-order valence-corrected chi connectivity index (χ4v) is 4.22. The van der Waals surface area contributed by atoms with Crippen molar-refractivity contribution >= 4 is 17.5 Å². The van der Waals surface area contributed by atoms with Crippen molar-refractivity contribution in [3.8, 4) is 0 Å². The van der Waals surface area contributed by atoms with E-state index in [1.807, 2.05) is 0 Å². The van der Waals surface area contributed by atoms with Crippen LogP contribution in [0.5, 0.6) is 0 Å². The quantitative estimate of drug-likeness (QED) is 0.825. The van der Waals surface area contributed by atoms with Gasteiger partial charge in [-0.3, -0.25) is 4.79 Å². The van der Waals surface area contributed by atoms with Gasteiger partial charge in [-0.1, -0.05) is 38.1 Å². The zero-order chi connectivity index (χ0) is 15.0.